The van der Waals surface area contributed by atoms with E-state index < -0.39 is 6.04 Å². The summed E-state index contributed by atoms with van der Waals surface area (Å²) in [6, 6.07) is 15.3. The van der Waals surface area contributed by atoms with Crippen LogP contribution in [0.5, 0.6) is 5.75 Å². The van der Waals surface area contributed by atoms with Gasteiger partial charge in [0, 0.05) is 24.5 Å². The maximum absolute atomic E-state index is 13.6. The molecule has 2 heterocycles. The van der Waals surface area contributed by atoms with Gasteiger partial charge < -0.3 is 20.3 Å². The van der Waals surface area contributed by atoms with Gasteiger partial charge in [-0.15, -0.1) is 0 Å². The fourth-order valence-corrected chi connectivity index (χ4v) is 4.19. The molecule has 0 bridgehead atoms. The lowest BCUT2D eigenvalue weighted by molar-refractivity contribution is -0.113. The molecule has 8 heteroatoms. The number of allylic oxidation sites excluding steroid dienone is 1. The van der Waals surface area contributed by atoms with Gasteiger partial charge in [-0.25, -0.2) is 4.68 Å². The predicted molar refractivity (Wildman–Crippen MR) is 131 cm³/mol. The minimum absolute atomic E-state index is 0.217. The molecule has 3 aromatic rings. The Bertz CT molecular complexity index is 1150. The predicted octanol–water partition coefficient (Wildman–Crippen LogP) is 4.45. The van der Waals surface area contributed by atoms with E-state index in [1.165, 1.54) is 6.33 Å². The molecule has 1 amide bonds. The van der Waals surface area contributed by atoms with E-state index in [-0.39, 0.29) is 5.91 Å². The van der Waals surface area contributed by atoms with E-state index in [9.17, 15) is 4.79 Å². The van der Waals surface area contributed by atoms with E-state index >= 15 is 0 Å². The minimum Gasteiger partial charge on any atom is -0.492 e. The fourth-order valence-electron chi connectivity index (χ4n) is 4.19. The standard InChI is InChI=1S/C25H30N6O2/c1-5-30(6-2)19-14-12-18(13-15-19)23-22(17(4)28-25-26-16-27-31(23)25)24(32)29-20-10-8-9-11-21(20)33-7-3/h8-16,23H,5-7H2,1-4H3,(H,29,32)(H,26,27,28)/t23-/m1/s1. The van der Waals surface area contributed by atoms with Gasteiger partial charge in [-0.1, -0.05) is 24.3 Å². The third-order valence-corrected chi connectivity index (χ3v) is 5.81. The van der Waals surface area contributed by atoms with Crippen molar-refractivity contribution in [3.05, 3.63) is 71.7 Å². The highest BCUT2D eigenvalue weighted by atomic mass is 16.5. The second kappa shape index (κ2) is 9.77. The first-order chi connectivity index (χ1) is 16.1. The molecule has 172 valence electrons. The SMILES string of the molecule is CCOc1ccccc1NC(=O)C1=C(C)Nc2ncnn2[C@@H]1c1ccc(N(CC)CC)cc1. The quantitative estimate of drug-likeness (QED) is 0.532. The summed E-state index contributed by atoms with van der Waals surface area (Å²) < 4.78 is 7.44. The van der Waals surface area contributed by atoms with Crippen molar-refractivity contribution >= 4 is 23.2 Å². The molecule has 1 aliphatic rings. The van der Waals surface area contributed by atoms with Gasteiger partial charge in [-0.2, -0.15) is 10.1 Å². The van der Waals surface area contributed by atoms with Crippen LogP contribution in [0.4, 0.5) is 17.3 Å². The molecular weight excluding hydrogens is 416 g/mol. The topological polar surface area (TPSA) is 84.3 Å². The Morgan fingerprint density at radius 3 is 2.55 bits per heavy atom. The third-order valence-electron chi connectivity index (χ3n) is 5.81. The summed E-state index contributed by atoms with van der Waals surface area (Å²) in [7, 11) is 0. The molecule has 1 atom stereocenters. The zero-order chi connectivity index (χ0) is 23.4. The van der Waals surface area contributed by atoms with Crippen LogP contribution >= 0.6 is 0 Å². The smallest absolute Gasteiger partial charge is 0.255 e. The van der Waals surface area contributed by atoms with Crippen LogP contribution in [-0.4, -0.2) is 40.4 Å². The van der Waals surface area contributed by atoms with Crippen LogP contribution in [0.15, 0.2) is 66.1 Å². The Morgan fingerprint density at radius 2 is 1.85 bits per heavy atom. The van der Waals surface area contributed by atoms with Gasteiger partial charge in [-0.3, -0.25) is 4.79 Å². The number of nitrogens with zero attached hydrogens (tertiary/aromatic N) is 4. The number of ether oxygens (including phenoxy) is 1. The van der Waals surface area contributed by atoms with Gasteiger partial charge in [0.2, 0.25) is 5.95 Å². The van der Waals surface area contributed by atoms with Crippen molar-refractivity contribution in [1.29, 1.82) is 0 Å². The summed E-state index contributed by atoms with van der Waals surface area (Å²) in [5.74, 6) is 1.03. The van der Waals surface area contributed by atoms with E-state index in [2.05, 4.69) is 63.7 Å². The zero-order valence-electron chi connectivity index (χ0n) is 19.5. The van der Waals surface area contributed by atoms with Gasteiger partial charge in [0.25, 0.3) is 5.91 Å². The minimum atomic E-state index is -0.409. The molecule has 1 aliphatic heterocycles. The van der Waals surface area contributed by atoms with E-state index in [0.29, 0.717) is 29.6 Å². The Labute approximate surface area is 194 Å². The first-order valence-corrected chi connectivity index (χ1v) is 11.3. The molecule has 2 aromatic carbocycles. The third kappa shape index (κ3) is 4.41. The molecular formula is C25H30N6O2. The van der Waals surface area contributed by atoms with Crippen LogP contribution < -0.4 is 20.3 Å². The van der Waals surface area contributed by atoms with Gasteiger partial charge in [-0.05, 0) is 57.5 Å². The number of fused-ring (bicyclic) bond motifs is 1. The highest BCUT2D eigenvalue weighted by molar-refractivity contribution is 6.06. The molecule has 0 spiro atoms. The molecule has 1 aromatic heterocycles. The molecule has 0 unspecified atom stereocenters. The summed E-state index contributed by atoms with van der Waals surface area (Å²) in [4.78, 5) is 20.2. The van der Waals surface area contributed by atoms with E-state index in [1.54, 1.807) is 4.68 Å². The average Bonchev–Trinajstić information content (AvgIpc) is 3.29. The highest BCUT2D eigenvalue weighted by Gasteiger charge is 2.33. The van der Waals surface area contributed by atoms with Gasteiger partial charge in [0.15, 0.2) is 0 Å². The van der Waals surface area contributed by atoms with Crippen molar-refractivity contribution in [2.75, 3.05) is 35.2 Å². The van der Waals surface area contributed by atoms with Gasteiger partial charge in [0.1, 0.15) is 18.1 Å². The Kier molecular flexibility index (Phi) is 6.63. The van der Waals surface area contributed by atoms with Crippen molar-refractivity contribution in [2.24, 2.45) is 0 Å². The number of rotatable bonds is 8. The lowest BCUT2D eigenvalue weighted by atomic mass is 9.94. The summed E-state index contributed by atoms with van der Waals surface area (Å²) >= 11 is 0. The van der Waals surface area contributed by atoms with Crippen molar-refractivity contribution in [3.8, 4) is 5.75 Å². The number of hydrogen-bond donors (Lipinski definition) is 2. The molecule has 33 heavy (non-hydrogen) atoms. The number of benzene rings is 2. The lowest BCUT2D eigenvalue weighted by Crippen LogP contribution is -2.31. The second-order valence-corrected chi connectivity index (χ2v) is 7.74. The van der Waals surface area contributed by atoms with Crippen LogP contribution in [0.3, 0.4) is 0 Å². The molecule has 0 saturated carbocycles. The molecule has 2 N–H and O–H groups in total. The summed E-state index contributed by atoms with van der Waals surface area (Å²) in [5.41, 5.74) is 4.05. The average molecular weight is 447 g/mol. The second-order valence-electron chi connectivity index (χ2n) is 7.74. The molecule has 8 nitrogen and oxygen atoms in total. The largest absolute Gasteiger partial charge is 0.492 e. The van der Waals surface area contributed by atoms with E-state index in [0.717, 1.165) is 30.0 Å². The molecule has 0 radical (unpaired) electrons. The number of hydrogen-bond acceptors (Lipinski definition) is 6. The Morgan fingerprint density at radius 1 is 1.12 bits per heavy atom. The fraction of sp³-hybridized carbons (Fsp3) is 0.320. The van der Waals surface area contributed by atoms with E-state index in [1.807, 2.05) is 38.1 Å². The number of carbonyl (C=O) groups is 1. The number of amides is 1. The number of nitrogens with one attached hydrogen (secondary N) is 2. The normalized spacial score (nSPS) is 15.0. The van der Waals surface area contributed by atoms with Crippen LogP contribution in [0.1, 0.15) is 39.3 Å². The number of aromatic nitrogens is 3. The van der Waals surface area contributed by atoms with Crippen molar-refractivity contribution < 1.29 is 9.53 Å². The number of para-hydroxylation sites is 2. The van der Waals surface area contributed by atoms with Crippen LogP contribution in [0.25, 0.3) is 0 Å². The zero-order valence-corrected chi connectivity index (χ0v) is 19.5. The summed E-state index contributed by atoms with van der Waals surface area (Å²) in [5, 5.41) is 10.7. The Balaban J connectivity index is 1.71. The van der Waals surface area contributed by atoms with Crippen molar-refractivity contribution in [1.82, 2.24) is 14.8 Å². The maximum Gasteiger partial charge on any atom is 0.255 e. The summed E-state index contributed by atoms with van der Waals surface area (Å²) in [6.45, 7) is 10.5. The number of carbonyl (C=O) groups excluding carboxylic acids is 1. The van der Waals surface area contributed by atoms with Gasteiger partial charge >= 0.3 is 0 Å². The number of anilines is 3. The van der Waals surface area contributed by atoms with Crippen molar-refractivity contribution in [3.63, 3.8) is 0 Å². The van der Waals surface area contributed by atoms with Gasteiger partial charge in [0.05, 0.1) is 17.9 Å². The molecule has 4 rings (SSSR count). The Hall–Kier alpha value is -3.81. The molecule has 0 saturated heterocycles. The highest BCUT2D eigenvalue weighted by Crippen LogP contribution is 2.36. The van der Waals surface area contributed by atoms with E-state index in [4.69, 9.17) is 4.74 Å². The summed E-state index contributed by atoms with van der Waals surface area (Å²) in [6.07, 6.45) is 1.50. The molecule has 0 fully saturated rings. The first-order valence-electron chi connectivity index (χ1n) is 11.3. The lowest BCUT2D eigenvalue weighted by Gasteiger charge is -2.29. The first kappa shape index (κ1) is 22.4. The molecule has 0 aliphatic carbocycles. The van der Waals surface area contributed by atoms with Crippen LogP contribution in [0.2, 0.25) is 0 Å². The van der Waals surface area contributed by atoms with Crippen molar-refractivity contribution in [2.45, 2.75) is 33.7 Å². The monoisotopic (exact) mass is 446 g/mol. The maximum atomic E-state index is 13.6. The van der Waals surface area contributed by atoms with Crippen LogP contribution in [0, 0.1) is 0 Å². The van der Waals surface area contributed by atoms with Crippen LogP contribution in [-0.2, 0) is 4.79 Å².